The van der Waals surface area contributed by atoms with Crippen LogP contribution in [0.1, 0.15) is 16.7 Å². The average Bonchev–Trinajstić information content (AvgIpc) is 3.13. The summed E-state index contributed by atoms with van der Waals surface area (Å²) >= 11 is 0. The van der Waals surface area contributed by atoms with Gasteiger partial charge in [-0.05, 0) is 75.9 Å². The van der Waals surface area contributed by atoms with Crippen LogP contribution in [0.2, 0.25) is 0 Å². The van der Waals surface area contributed by atoms with Gasteiger partial charge in [-0.15, -0.1) is 0 Å². The number of fused-ring (bicyclic) bond motifs is 3. The number of hydrogen-bond acceptors (Lipinski definition) is 6. The third kappa shape index (κ3) is 3.47. The zero-order valence-electron chi connectivity index (χ0n) is 19.1. The van der Waals surface area contributed by atoms with Gasteiger partial charge >= 0.3 is 0 Å². The molecule has 0 spiro atoms. The maximum Gasteiger partial charge on any atom is 0.161 e. The summed E-state index contributed by atoms with van der Waals surface area (Å²) in [6.07, 6.45) is 2.12. The second-order valence-electron chi connectivity index (χ2n) is 7.18. The quantitative estimate of drug-likeness (QED) is 0.393. The molecular formula is C26H26O6. The smallest absolute Gasteiger partial charge is 0.161 e. The summed E-state index contributed by atoms with van der Waals surface area (Å²) in [7, 11) is 9.79. The van der Waals surface area contributed by atoms with Gasteiger partial charge in [-0.2, -0.15) is 0 Å². The topological polar surface area (TPSA) is 55.4 Å². The lowest BCUT2D eigenvalue weighted by Gasteiger charge is -2.11. The highest BCUT2D eigenvalue weighted by Crippen LogP contribution is 2.52. The third-order valence-electron chi connectivity index (χ3n) is 5.64. The van der Waals surface area contributed by atoms with Crippen molar-refractivity contribution in [2.75, 3.05) is 42.7 Å². The second-order valence-corrected chi connectivity index (χ2v) is 7.18. The third-order valence-corrected chi connectivity index (χ3v) is 5.64. The molecule has 166 valence electrons. The molecule has 0 saturated heterocycles. The first kappa shape index (κ1) is 21.4. The molecule has 6 heteroatoms. The molecule has 0 fully saturated rings. The maximum absolute atomic E-state index is 5.58. The fourth-order valence-corrected chi connectivity index (χ4v) is 4.06. The summed E-state index contributed by atoms with van der Waals surface area (Å²) in [5.74, 6) is 4.01. The number of benzene rings is 3. The Morgan fingerprint density at radius 3 is 1.22 bits per heavy atom. The summed E-state index contributed by atoms with van der Waals surface area (Å²) in [6, 6.07) is 13.8. The van der Waals surface area contributed by atoms with E-state index in [1.807, 2.05) is 42.5 Å². The first-order chi connectivity index (χ1) is 15.6. The van der Waals surface area contributed by atoms with Crippen LogP contribution in [0.5, 0.6) is 34.5 Å². The molecule has 0 heterocycles. The lowest BCUT2D eigenvalue weighted by atomic mass is 10.00. The molecule has 1 aliphatic rings. The van der Waals surface area contributed by atoms with Crippen LogP contribution in [0, 0.1) is 0 Å². The Balaban J connectivity index is 1.99. The van der Waals surface area contributed by atoms with Crippen LogP contribution in [0.15, 0.2) is 42.5 Å². The van der Waals surface area contributed by atoms with Crippen molar-refractivity contribution >= 4 is 11.6 Å². The van der Waals surface area contributed by atoms with Gasteiger partial charge in [0.2, 0.25) is 0 Å². The highest BCUT2D eigenvalue weighted by atomic mass is 16.5. The molecule has 32 heavy (non-hydrogen) atoms. The van der Waals surface area contributed by atoms with Crippen LogP contribution in [0.4, 0.5) is 0 Å². The summed E-state index contributed by atoms with van der Waals surface area (Å²) in [5.41, 5.74) is 6.13. The molecule has 6 nitrogen and oxygen atoms in total. The van der Waals surface area contributed by atoms with Crippen LogP contribution in [-0.2, 0) is 0 Å². The highest BCUT2D eigenvalue weighted by molar-refractivity contribution is 6.08. The van der Waals surface area contributed by atoms with Crippen molar-refractivity contribution in [1.29, 1.82) is 0 Å². The van der Waals surface area contributed by atoms with Crippen LogP contribution < -0.4 is 28.4 Å². The van der Waals surface area contributed by atoms with Crippen molar-refractivity contribution < 1.29 is 28.4 Å². The Bertz CT molecular complexity index is 1130. The molecule has 0 atom stereocenters. The molecule has 3 aromatic rings. The van der Waals surface area contributed by atoms with Gasteiger partial charge in [0.15, 0.2) is 34.5 Å². The first-order valence-corrected chi connectivity index (χ1v) is 10.0. The van der Waals surface area contributed by atoms with Crippen LogP contribution in [0.25, 0.3) is 22.8 Å². The van der Waals surface area contributed by atoms with Gasteiger partial charge in [-0.25, -0.2) is 0 Å². The van der Waals surface area contributed by atoms with Gasteiger partial charge in [-0.1, -0.05) is 6.07 Å². The summed E-state index contributed by atoms with van der Waals surface area (Å²) < 4.78 is 33.1. The monoisotopic (exact) mass is 434 g/mol. The average molecular weight is 434 g/mol. The summed E-state index contributed by atoms with van der Waals surface area (Å²) in [4.78, 5) is 0. The predicted octanol–water partition coefficient (Wildman–Crippen LogP) is 5.31. The molecule has 4 rings (SSSR count). The van der Waals surface area contributed by atoms with E-state index in [4.69, 9.17) is 28.4 Å². The minimum absolute atomic E-state index is 0.663. The zero-order chi connectivity index (χ0) is 22.8. The molecule has 0 saturated carbocycles. The van der Waals surface area contributed by atoms with Gasteiger partial charge in [-0.3, -0.25) is 0 Å². The van der Waals surface area contributed by atoms with E-state index in [9.17, 15) is 0 Å². The van der Waals surface area contributed by atoms with Crippen LogP contribution >= 0.6 is 0 Å². The minimum Gasteiger partial charge on any atom is -0.493 e. The molecule has 0 radical (unpaired) electrons. The normalized spacial score (nSPS) is 11.4. The minimum atomic E-state index is 0.663. The van der Waals surface area contributed by atoms with Crippen LogP contribution in [0.3, 0.4) is 0 Å². The van der Waals surface area contributed by atoms with E-state index in [1.165, 1.54) is 0 Å². The standard InChI is InChI=1S/C26H26O6/c1-27-21-8-7-15(10-22(21)28-2)9-16-17-11-23(29-3)25(31-5)13-19(17)20-14-26(32-6)24(30-4)12-18(16)20/h7-14H,1-6H3. The molecule has 0 N–H and O–H groups in total. The molecule has 0 aromatic heterocycles. The lowest BCUT2D eigenvalue weighted by Crippen LogP contribution is -1.93. The number of hydrogen-bond donors (Lipinski definition) is 0. The van der Waals surface area contributed by atoms with Gasteiger partial charge in [0, 0.05) is 0 Å². The lowest BCUT2D eigenvalue weighted by molar-refractivity contribution is 0.354. The Kier molecular flexibility index (Phi) is 5.86. The molecule has 1 aliphatic carbocycles. The predicted molar refractivity (Wildman–Crippen MR) is 125 cm³/mol. The number of ether oxygens (including phenoxy) is 6. The maximum atomic E-state index is 5.58. The van der Waals surface area contributed by atoms with E-state index in [2.05, 4.69) is 6.08 Å². The molecule has 0 unspecified atom stereocenters. The fraction of sp³-hybridized carbons (Fsp3) is 0.231. The Labute approximate surface area is 187 Å². The van der Waals surface area contributed by atoms with Crippen molar-refractivity contribution in [3.05, 3.63) is 59.2 Å². The largest absolute Gasteiger partial charge is 0.493 e. The van der Waals surface area contributed by atoms with Gasteiger partial charge in [0.25, 0.3) is 0 Å². The van der Waals surface area contributed by atoms with E-state index in [-0.39, 0.29) is 0 Å². The van der Waals surface area contributed by atoms with Gasteiger partial charge in [0.05, 0.1) is 42.7 Å². The van der Waals surface area contributed by atoms with E-state index in [0.29, 0.717) is 34.5 Å². The van der Waals surface area contributed by atoms with Crippen molar-refractivity contribution in [3.8, 4) is 45.6 Å². The molecule has 0 aliphatic heterocycles. The number of methoxy groups -OCH3 is 6. The van der Waals surface area contributed by atoms with Crippen molar-refractivity contribution in [2.24, 2.45) is 0 Å². The summed E-state index contributed by atoms with van der Waals surface area (Å²) in [5, 5.41) is 0. The molecule has 3 aromatic carbocycles. The van der Waals surface area contributed by atoms with E-state index < -0.39 is 0 Å². The Morgan fingerprint density at radius 1 is 0.438 bits per heavy atom. The summed E-state index contributed by atoms with van der Waals surface area (Å²) in [6.45, 7) is 0. The van der Waals surface area contributed by atoms with Crippen molar-refractivity contribution in [3.63, 3.8) is 0 Å². The first-order valence-electron chi connectivity index (χ1n) is 10.0. The zero-order valence-corrected chi connectivity index (χ0v) is 19.1. The second kappa shape index (κ2) is 8.75. The number of rotatable bonds is 7. The Morgan fingerprint density at radius 2 is 0.812 bits per heavy atom. The van der Waals surface area contributed by atoms with Crippen molar-refractivity contribution in [2.45, 2.75) is 0 Å². The molecule has 0 amide bonds. The van der Waals surface area contributed by atoms with Gasteiger partial charge in [0.1, 0.15) is 0 Å². The Hall–Kier alpha value is -3.80. The molecular weight excluding hydrogens is 408 g/mol. The van der Waals surface area contributed by atoms with Gasteiger partial charge < -0.3 is 28.4 Å². The van der Waals surface area contributed by atoms with Crippen LogP contribution in [-0.4, -0.2) is 42.7 Å². The van der Waals surface area contributed by atoms with E-state index in [1.54, 1.807) is 42.7 Å². The van der Waals surface area contributed by atoms with E-state index >= 15 is 0 Å². The highest BCUT2D eigenvalue weighted by Gasteiger charge is 2.28. The fourth-order valence-electron chi connectivity index (χ4n) is 4.06. The van der Waals surface area contributed by atoms with E-state index in [0.717, 1.165) is 33.4 Å². The molecule has 0 bridgehead atoms. The SMILES string of the molecule is COc1ccc(C=C2c3cc(OC)c(OC)cc3-c3cc(OC)c(OC)cc32)cc1OC. The van der Waals surface area contributed by atoms with Crippen molar-refractivity contribution in [1.82, 2.24) is 0 Å².